The standard InChI is InChI=1S/C27H38N4O5S2.C7H8/c1-3-4-14-38-18-22(31-26(35)20-11-8-13-28-16-20)27(36)29-17-23(32)24(33)21(12-15-37-2)30-25(34)19-9-6-5-7-10-19;1-7-5-3-2-4-6-7/h5-11,13,16,21-24,32-33H,3-4,12,14-15,17-18H2,1-2H3,(H,29,36)(H,30,34)(H,31,35);2-6H,1H3. The van der Waals surface area contributed by atoms with E-state index in [2.05, 4.69) is 46.9 Å². The lowest BCUT2D eigenvalue weighted by Crippen LogP contribution is -2.54. The number of hydrogen-bond donors (Lipinski definition) is 5. The van der Waals surface area contributed by atoms with Gasteiger partial charge < -0.3 is 26.2 Å². The van der Waals surface area contributed by atoms with E-state index in [0.29, 0.717) is 29.1 Å². The summed E-state index contributed by atoms with van der Waals surface area (Å²) in [5.74, 6) is 0.631. The Morgan fingerprint density at radius 3 is 2.09 bits per heavy atom. The van der Waals surface area contributed by atoms with Gasteiger partial charge in [0, 0.05) is 30.3 Å². The fraction of sp³-hybridized carbons (Fsp3) is 0.412. The molecule has 0 saturated carbocycles. The summed E-state index contributed by atoms with van der Waals surface area (Å²) >= 11 is 3.12. The minimum atomic E-state index is -1.33. The van der Waals surface area contributed by atoms with E-state index in [1.807, 2.05) is 24.5 Å². The van der Waals surface area contributed by atoms with E-state index in [-0.39, 0.29) is 12.5 Å². The van der Waals surface area contributed by atoms with Crippen LogP contribution in [0.25, 0.3) is 0 Å². The molecule has 0 spiro atoms. The van der Waals surface area contributed by atoms with Crippen LogP contribution in [0.4, 0.5) is 0 Å². The lowest BCUT2D eigenvalue weighted by Gasteiger charge is -2.28. The maximum atomic E-state index is 13.0. The number of benzene rings is 2. The quantitative estimate of drug-likeness (QED) is 0.137. The van der Waals surface area contributed by atoms with Crippen molar-refractivity contribution in [2.75, 3.05) is 30.1 Å². The molecule has 2 aromatic carbocycles. The van der Waals surface area contributed by atoms with Crippen LogP contribution in [0.3, 0.4) is 0 Å². The Hall–Kier alpha value is -3.38. The van der Waals surface area contributed by atoms with E-state index in [0.717, 1.165) is 18.6 Å². The molecule has 5 N–H and O–H groups in total. The van der Waals surface area contributed by atoms with Gasteiger partial charge >= 0.3 is 0 Å². The summed E-state index contributed by atoms with van der Waals surface area (Å²) in [6.07, 6.45) is 4.71. The number of rotatable bonds is 17. The van der Waals surface area contributed by atoms with Gasteiger partial charge in [0.15, 0.2) is 0 Å². The molecule has 0 aliphatic heterocycles. The SMILES string of the molecule is CCCCSCC(NC(=O)c1cccnc1)C(=O)NCC(O)C(O)C(CCSC)NC(=O)c1ccccc1.Cc1ccccc1. The van der Waals surface area contributed by atoms with Crippen LogP contribution < -0.4 is 16.0 Å². The van der Waals surface area contributed by atoms with Crippen LogP contribution in [0.1, 0.15) is 52.5 Å². The lowest BCUT2D eigenvalue weighted by molar-refractivity contribution is -0.123. The third-order valence-electron chi connectivity index (χ3n) is 6.69. The number of carbonyl (C=O) groups is 3. The van der Waals surface area contributed by atoms with Crippen molar-refractivity contribution in [1.29, 1.82) is 0 Å². The Bertz CT molecular complexity index is 1260. The number of pyridine rings is 1. The highest BCUT2D eigenvalue weighted by molar-refractivity contribution is 7.99. The fourth-order valence-corrected chi connectivity index (χ4v) is 5.65. The number of nitrogens with zero attached hydrogens (tertiary/aromatic N) is 1. The molecule has 0 aliphatic carbocycles. The van der Waals surface area contributed by atoms with Gasteiger partial charge in [-0.3, -0.25) is 19.4 Å². The summed E-state index contributed by atoms with van der Waals surface area (Å²) in [4.78, 5) is 42.2. The molecule has 11 heteroatoms. The molecule has 45 heavy (non-hydrogen) atoms. The van der Waals surface area contributed by atoms with Gasteiger partial charge in [0.1, 0.15) is 12.1 Å². The van der Waals surface area contributed by atoms with Gasteiger partial charge in [-0.1, -0.05) is 67.4 Å². The van der Waals surface area contributed by atoms with E-state index in [1.54, 1.807) is 72.2 Å². The summed E-state index contributed by atoms with van der Waals surface area (Å²) in [6, 6.07) is 20.6. The summed E-state index contributed by atoms with van der Waals surface area (Å²) in [5, 5.41) is 29.7. The first-order valence-electron chi connectivity index (χ1n) is 15.1. The molecular weight excluding hydrogens is 609 g/mol. The maximum Gasteiger partial charge on any atom is 0.253 e. The van der Waals surface area contributed by atoms with Crippen molar-refractivity contribution >= 4 is 41.2 Å². The van der Waals surface area contributed by atoms with E-state index in [4.69, 9.17) is 0 Å². The summed E-state index contributed by atoms with van der Waals surface area (Å²) in [7, 11) is 0. The van der Waals surface area contributed by atoms with Crippen LogP contribution in [0.15, 0.2) is 85.2 Å². The highest BCUT2D eigenvalue weighted by Crippen LogP contribution is 2.11. The zero-order valence-corrected chi connectivity index (χ0v) is 27.9. The molecular formula is C34H46N4O5S2. The molecule has 0 saturated heterocycles. The number of nitrogens with one attached hydrogen (secondary N) is 3. The van der Waals surface area contributed by atoms with E-state index in [1.165, 1.54) is 11.8 Å². The first-order valence-corrected chi connectivity index (χ1v) is 17.6. The van der Waals surface area contributed by atoms with Crippen LogP contribution >= 0.6 is 23.5 Å². The molecule has 4 unspecified atom stereocenters. The smallest absolute Gasteiger partial charge is 0.253 e. The average Bonchev–Trinajstić information content (AvgIpc) is 3.07. The molecule has 1 aromatic heterocycles. The second-order valence-electron chi connectivity index (χ2n) is 10.4. The van der Waals surface area contributed by atoms with Crippen molar-refractivity contribution < 1.29 is 24.6 Å². The van der Waals surface area contributed by atoms with Crippen LogP contribution in [0.2, 0.25) is 0 Å². The van der Waals surface area contributed by atoms with Crippen LogP contribution in [-0.4, -0.2) is 87.3 Å². The van der Waals surface area contributed by atoms with Crippen molar-refractivity contribution in [1.82, 2.24) is 20.9 Å². The largest absolute Gasteiger partial charge is 0.388 e. The maximum absolute atomic E-state index is 13.0. The monoisotopic (exact) mass is 654 g/mol. The first kappa shape index (κ1) is 37.8. The van der Waals surface area contributed by atoms with Gasteiger partial charge in [0.2, 0.25) is 5.91 Å². The first-order chi connectivity index (χ1) is 21.8. The van der Waals surface area contributed by atoms with Gasteiger partial charge in [0.25, 0.3) is 11.8 Å². The Morgan fingerprint density at radius 2 is 1.51 bits per heavy atom. The highest BCUT2D eigenvalue weighted by Gasteiger charge is 2.29. The summed E-state index contributed by atoms with van der Waals surface area (Å²) < 4.78 is 0. The van der Waals surface area contributed by atoms with Crippen molar-refractivity contribution in [2.24, 2.45) is 0 Å². The molecule has 9 nitrogen and oxygen atoms in total. The lowest BCUT2D eigenvalue weighted by atomic mass is 10.0. The second kappa shape index (κ2) is 22.2. The van der Waals surface area contributed by atoms with Gasteiger partial charge in [-0.15, -0.1) is 0 Å². The van der Waals surface area contributed by atoms with Crippen molar-refractivity contribution in [3.63, 3.8) is 0 Å². The highest BCUT2D eigenvalue weighted by atomic mass is 32.2. The van der Waals surface area contributed by atoms with Crippen molar-refractivity contribution in [3.05, 3.63) is 102 Å². The van der Waals surface area contributed by atoms with Gasteiger partial charge in [-0.05, 0) is 61.8 Å². The summed E-state index contributed by atoms with van der Waals surface area (Å²) in [6.45, 7) is 3.92. The molecule has 244 valence electrons. The Morgan fingerprint density at radius 1 is 0.867 bits per heavy atom. The van der Waals surface area contributed by atoms with Gasteiger partial charge in [-0.25, -0.2) is 0 Å². The normalized spacial score (nSPS) is 13.3. The summed E-state index contributed by atoms with van der Waals surface area (Å²) in [5.41, 5.74) is 2.11. The average molecular weight is 655 g/mol. The van der Waals surface area contributed by atoms with Crippen LogP contribution in [-0.2, 0) is 4.79 Å². The van der Waals surface area contributed by atoms with E-state index in [9.17, 15) is 24.6 Å². The molecule has 0 aliphatic rings. The topological polar surface area (TPSA) is 141 Å². The molecule has 3 rings (SSSR count). The number of aryl methyl sites for hydroxylation is 1. The second-order valence-corrected chi connectivity index (χ2v) is 12.5. The van der Waals surface area contributed by atoms with Crippen LogP contribution in [0, 0.1) is 6.92 Å². The molecule has 3 amide bonds. The molecule has 1 heterocycles. The Balaban J connectivity index is 0.000000883. The number of hydrogen-bond acceptors (Lipinski definition) is 8. The van der Waals surface area contributed by atoms with Crippen molar-refractivity contribution in [2.45, 2.75) is 57.4 Å². The Kier molecular flexibility index (Phi) is 18.6. The van der Waals surface area contributed by atoms with E-state index >= 15 is 0 Å². The molecule has 3 aromatic rings. The zero-order chi connectivity index (χ0) is 32.9. The third kappa shape index (κ3) is 15.0. The number of aliphatic hydroxyl groups is 2. The number of unbranched alkanes of at least 4 members (excludes halogenated alkanes) is 1. The predicted octanol–water partition coefficient (Wildman–Crippen LogP) is 4.10. The number of carbonyl (C=O) groups excluding carboxylic acids is 3. The van der Waals surface area contributed by atoms with Crippen molar-refractivity contribution in [3.8, 4) is 0 Å². The van der Waals surface area contributed by atoms with E-state index < -0.39 is 36.1 Å². The molecule has 0 bridgehead atoms. The molecule has 0 fully saturated rings. The number of thioether (sulfide) groups is 2. The predicted molar refractivity (Wildman–Crippen MR) is 185 cm³/mol. The zero-order valence-electron chi connectivity index (χ0n) is 26.2. The minimum absolute atomic E-state index is 0.240. The number of aliphatic hydroxyl groups excluding tert-OH is 2. The third-order valence-corrected chi connectivity index (χ3v) is 8.48. The fourth-order valence-electron chi connectivity index (χ4n) is 4.04. The molecule has 4 atom stereocenters. The number of aromatic nitrogens is 1. The van der Waals surface area contributed by atoms with Gasteiger partial charge in [0.05, 0.1) is 17.7 Å². The van der Waals surface area contributed by atoms with Crippen LogP contribution in [0.5, 0.6) is 0 Å². The Labute approximate surface area is 275 Å². The number of amides is 3. The molecule has 0 radical (unpaired) electrons. The minimum Gasteiger partial charge on any atom is -0.388 e. The van der Waals surface area contributed by atoms with Gasteiger partial charge in [-0.2, -0.15) is 23.5 Å².